The number of halogens is 2. The molecule has 1 aliphatic rings. The fourth-order valence-corrected chi connectivity index (χ4v) is 3.37. The number of rotatable bonds is 4. The van der Waals surface area contributed by atoms with Crippen molar-refractivity contribution in [3.05, 3.63) is 57.6 Å². The van der Waals surface area contributed by atoms with Gasteiger partial charge in [0.05, 0.1) is 22.7 Å². The van der Waals surface area contributed by atoms with Gasteiger partial charge in [0, 0.05) is 17.7 Å². The third-order valence-corrected chi connectivity index (χ3v) is 4.49. The first-order valence-corrected chi connectivity index (χ1v) is 8.71. The van der Waals surface area contributed by atoms with Crippen LogP contribution in [0.5, 0.6) is 5.75 Å². The zero-order valence-electron chi connectivity index (χ0n) is 13.6. The van der Waals surface area contributed by atoms with E-state index in [2.05, 4.69) is 19.2 Å². The molecule has 1 atom stereocenters. The minimum atomic E-state index is -0.151. The largest absolute Gasteiger partial charge is 0.490 e. The Morgan fingerprint density at radius 2 is 1.88 bits per heavy atom. The quantitative estimate of drug-likeness (QED) is 0.749. The van der Waals surface area contributed by atoms with E-state index < -0.39 is 0 Å². The number of ketones is 1. The van der Waals surface area contributed by atoms with Crippen molar-refractivity contribution in [2.24, 2.45) is 5.92 Å². The van der Waals surface area contributed by atoms with E-state index in [0.717, 1.165) is 16.8 Å². The molecule has 0 fully saturated rings. The van der Waals surface area contributed by atoms with Crippen molar-refractivity contribution in [3.63, 3.8) is 0 Å². The SMILES string of the molecule is CC(C)COc1c(Cl)cc(C2CC(=O)c3ccccc3N2)cc1Cl. The summed E-state index contributed by atoms with van der Waals surface area (Å²) in [4.78, 5) is 12.4. The minimum Gasteiger partial charge on any atom is -0.490 e. The molecule has 0 radical (unpaired) electrons. The highest BCUT2D eigenvalue weighted by atomic mass is 35.5. The number of Topliss-reactive ketones (excluding diaryl/α,β-unsaturated/α-hetero) is 1. The van der Waals surface area contributed by atoms with Gasteiger partial charge in [-0.1, -0.05) is 49.2 Å². The first-order valence-electron chi connectivity index (χ1n) is 7.96. The van der Waals surface area contributed by atoms with Crippen LogP contribution in [0.25, 0.3) is 0 Å². The van der Waals surface area contributed by atoms with Crippen LogP contribution in [-0.4, -0.2) is 12.4 Å². The molecule has 0 bridgehead atoms. The summed E-state index contributed by atoms with van der Waals surface area (Å²) in [5.74, 6) is 0.992. The number of para-hydroxylation sites is 1. The third kappa shape index (κ3) is 3.52. The van der Waals surface area contributed by atoms with Crippen LogP contribution in [0, 0.1) is 5.92 Å². The molecule has 126 valence electrons. The molecule has 1 aliphatic heterocycles. The van der Waals surface area contributed by atoms with Crippen LogP contribution in [0.3, 0.4) is 0 Å². The maximum absolute atomic E-state index is 12.4. The summed E-state index contributed by atoms with van der Waals surface area (Å²) in [6.07, 6.45) is 0.371. The van der Waals surface area contributed by atoms with Crippen LogP contribution in [0.2, 0.25) is 10.0 Å². The van der Waals surface area contributed by atoms with E-state index >= 15 is 0 Å². The van der Waals surface area contributed by atoms with E-state index in [0.29, 0.717) is 34.7 Å². The van der Waals surface area contributed by atoms with E-state index in [4.69, 9.17) is 27.9 Å². The topological polar surface area (TPSA) is 38.3 Å². The van der Waals surface area contributed by atoms with Gasteiger partial charge >= 0.3 is 0 Å². The molecule has 1 N–H and O–H groups in total. The van der Waals surface area contributed by atoms with Crippen LogP contribution in [0.15, 0.2) is 36.4 Å². The molecule has 2 aromatic rings. The molecule has 5 heteroatoms. The Kier molecular flexibility index (Phi) is 5.02. The van der Waals surface area contributed by atoms with Gasteiger partial charge in [-0.2, -0.15) is 0 Å². The van der Waals surface area contributed by atoms with Gasteiger partial charge in [-0.05, 0) is 35.7 Å². The third-order valence-electron chi connectivity index (χ3n) is 3.93. The second-order valence-corrected chi connectivity index (χ2v) is 7.20. The van der Waals surface area contributed by atoms with Gasteiger partial charge in [0.2, 0.25) is 0 Å². The van der Waals surface area contributed by atoms with Gasteiger partial charge in [-0.15, -0.1) is 0 Å². The standard InChI is InChI=1S/C19H19Cl2NO2/c1-11(2)10-24-19-14(20)7-12(8-15(19)21)17-9-18(23)13-5-3-4-6-16(13)22-17/h3-8,11,17,22H,9-10H2,1-2H3. The Bertz CT molecular complexity index is 751. The summed E-state index contributed by atoms with van der Waals surface area (Å²) in [5.41, 5.74) is 2.44. The fourth-order valence-electron chi connectivity index (χ4n) is 2.76. The zero-order chi connectivity index (χ0) is 17.3. The number of ether oxygens (including phenoxy) is 1. The van der Waals surface area contributed by atoms with Crippen molar-refractivity contribution in [2.45, 2.75) is 26.3 Å². The number of anilines is 1. The second-order valence-electron chi connectivity index (χ2n) is 6.39. The highest BCUT2D eigenvalue weighted by Crippen LogP contribution is 2.39. The van der Waals surface area contributed by atoms with Gasteiger partial charge in [-0.3, -0.25) is 4.79 Å². The number of hydrogen-bond acceptors (Lipinski definition) is 3. The van der Waals surface area contributed by atoms with Crippen LogP contribution in [0.1, 0.15) is 42.2 Å². The lowest BCUT2D eigenvalue weighted by molar-refractivity contribution is 0.0972. The number of carbonyl (C=O) groups is 1. The summed E-state index contributed by atoms with van der Waals surface area (Å²) in [5, 5.41) is 4.32. The van der Waals surface area contributed by atoms with Gasteiger partial charge in [0.1, 0.15) is 0 Å². The van der Waals surface area contributed by atoms with Crippen molar-refractivity contribution >= 4 is 34.7 Å². The number of benzene rings is 2. The molecule has 0 aromatic heterocycles. The first kappa shape index (κ1) is 17.1. The van der Waals surface area contributed by atoms with Crippen LogP contribution in [-0.2, 0) is 0 Å². The lowest BCUT2D eigenvalue weighted by Gasteiger charge is -2.27. The van der Waals surface area contributed by atoms with Crippen molar-refractivity contribution in [2.75, 3.05) is 11.9 Å². The van der Waals surface area contributed by atoms with E-state index in [1.165, 1.54) is 0 Å². The monoisotopic (exact) mass is 363 g/mol. The summed E-state index contributed by atoms with van der Waals surface area (Å²) in [7, 11) is 0. The normalized spacial score (nSPS) is 16.7. The van der Waals surface area contributed by atoms with E-state index in [9.17, 15) is 4.79 Å². The van der Waals surface area contributed by atoms with Crippen molar-refractivity contribution in [1.29, 1.82) is 0 Å². The molecule has 0 spiro atoms. The summed E-state index contributed by atoms with van der Waals surface area (Å²) >= 11 is 12.7. The van der Waals surface area contributed by atoms with Gasteiger partial charge in [-0.25, -0.2) is 0 Å². The Morgan fingerprint density at radius 1 is 1.21 bits per heavy atom. The highest BCUT2D eigenvalue weighted by Gasteiger charge is 2.26. The lowest BCUT2D eigenvalue weighted by Crippen LogP contribution is -2.22. The van der Waals surface area contributed by atoms with Crippen LogP contribution in [0.4, 0.5) is 5.69 Å². The second kappa shape index (κ2) is 7.04. The van der Waals surface area contributed by atoms with Gasteiger partial charge in [0.15, 0.2) is 11.5 Å². The van der Waals surface area contributed by atoms with E-state index in [1.54, 1.807) is 0 Å². The average Bonchev–Trinajstić information content (AvgIpc) is 2.53. The smallest absolute Gasteiger partial charge is 0.167 e. The number of nitrogens with one attached hydrogen (secondary N) is 1. The Labute approximate surface area is 151 Å². The molecule has 0 aliphatic carbocycles. The number of hydrogen-bond donors (Lipinski definition) is 1. The Balaban J connectivity index is 1.87. The molecule has 3 rings (SSSR count). The average molecular weight is 364 g/mol. The fraction of sp³-hybridized carbons (Fsp3) is 0.316. The molecular formula is C19H19Cl2NO2. The van der Waals surface area contributed by atoms with Gasteiger partial charge in [0.25, 0.3) is 0 Å². The van der Waals surface area contributed by atoms with Crippen molar-refractivity contribution in [1.82, 2.24) is 0 Å². The van der Waals surface area contributed by atoms with E-state index in [1.807, 2.05) is 36.4 Å². The molecule has 1 unspecified atom stereocenters. The Morgan fingerprint density at radius 3 is 2.54 bits per heavy atom. The molecule has 1 heterocycles. The van der Waals surface area contributed by atoms with Crippen LogP contribution < -0.4 is 10.1 Å². The molecule has 3 nitrogen and oxygen atoms in total. The zero-order valence-corrected chi connectivity index (χ0v) is 15.1. The van der Waals surface area contributed by atoms with Crippen molar-refractivity contribution in [3.8, 4) is 5.75 Å². The molecule has 0 amide bonds. The Hall–Kier alpha value is -1.71. The van der Waals surface area contributed by atoms with Crippen molar-refractivity contribution < 1.29 is 9.53 Å². The number of fused-ring (bicyclic) bond motifs is 1. The predicted molar refractivity (Wildman–Crippen MR) is 98.5 cm³/mol. The minimum absolute atomic E-state index is 0.113. The van der Waals surface area contributed by atoms with Gasteiger partial charge < -0.3 is 10.1 Å². The molecule has 24 heavy (non-hydrogen) atoms. The summed E-state index contributed by atoms with van der Waals surface area (Å²) in [6, 6.07) is 11.0. The maximum atomic E-state index is 12.4. The molecule has 0 saturated carbocycles. The first-order chi connectivity index (χ1) is 11.5. The lowest BCUT2D eigenvalue weighted by atomic mass is 9.92. The molecule has 2 aromatic carbocycles. The molecular weight excluding hydrogens is 345 g/mol. The highest BCUT2D eigenvalue weighted by molar-refractivity contribution is 6.37. The van der Waals surface area contributed by atoms with Crippen LogP contribution >= 0.6 is 23.2 Å². The predicted octanol–water partition coefficient (Wildman–Crippen LogP) is 5.77. The van der Waals surface area contributed by atoms with E-state index in [-0.39, 0.29) is 11.8 Å². The maximum Gasteiger partial charge on any atom is 0.167 e. The number of carbonyl (C=O) groups excluding carboxylic acids is 1. The summed E-state index contributed by atoms with van der Waals surface area (Å²) in [6.45, 7) is 4.67. The summed E-state index contributed by atoms with van der Waals surface area (Å²) < 4.78 is 5.70. The molecule has 0 saturated heterocycles.